The van der Waals surface area contributed by atoms with Crippen LogP contribution in [0.2, 0.25) is 0 Å². The Morgan fingerprint density at radius 1 is 1.13 bits per heavy atom. The van der Waals surface area contributed by atoms with Crippen molar-refractivity contribution < 1.29 is 14.6 Å². The van der Waals surface area contributed by atoms with Crippen LogP contribution in [0.4, 0.5) is 4.39 Å². The molecule has 0 amide bonds. The van der Waals surface area contributed by atoms with Crippen LogP contribution in [0.15, 0.2) is 61.4 Å². The molecule has 2 aromatic carbocycles. The Hall–Kier alpha value is -3.55. The Kier molecular flexibility index (Phi) is 4.22. The molecule has 0 radical (unpaired) electrons. The lowest BCUT2D eigenvalue weighted by molar-refractivity contribution is -0.253. The minimum atomic E-state index is -2.35. The lowest BCUT2D eigenvalue weighted by Crippen LogP contribution is -2.40. The summed E-state index contributed by atoms with van der Waals surface area (Å²) in [5.74, 6) is -2.79. The molecule has 31 heavy (non-hydrogen) atoms. The first-order valence-corrected chi connectivity index (χ1v) is 9.86. The molecule has 156 valence electrons. The molecule has 3 heterocycles. The number of halogens is 1. The van der Waals surface area contributed by atoms with Crippen LogP contribution in [0.5, 0.6) is 0 Å². The third kappa shape index (κ3) is 2.93. The summed E-state index contributed by atoms with van der Waals surface area (Å²) in [6.45, 7) is 5.87. The molecule has 5 rings (SSSR count). The topological polar surface area (TPSA) is 74.4 Å². The molecule has 0 bridgehead atoms. The molecule has 0 spiro atoms. The predicted molar refractivity (Wildman–Crippen MR) is 116 cm³/mol. The van der Waals surface area contributed by atoms with Gasteiger partial charge in [-0.15, -0.1) is 0 Å². The zero-order valence-corrected chi connectivity index (χ0v) is 17.2. The molecule has 1 aliphatic heterocycles. The van der Waals surface area contributed by atoms with Gasteiger partial charge in [0, 0.05) is 41.7 Å². The van der Waals surface area contributed by atoms with Gasteiger partial charge in [0.05, 0.1) is 12.1 Å². The van der Waals surface area contributed by atoms with Crippen LogP contribution < -0.4 is 0 Å². The summed E-state index contributed by atoms with van der Waals surface area (Å²) < 4.78 is 16.9. The van der Waals surface area contributed by atoms with Gasteiger partial charge in [0.15, 0.2) is 0 Å². The first-order chi connectivity index (χ1) is 14.8. The average molecular weight is 416 g/mol. The highest BCUT2D eigenvalue weighted by Crippen LogP contribution is 2.41. The summed E-state index contributed by atoms with van der Waals surface area (Å²) in [6, 6.07) is 12.3. The summed E-state index contributed by atoms with van der Waals surface area (Å²) >= 11 is 0. The average Bonchev–Trinajstić information content (AvgIpc) is 3.22. The van der Waals surface area contributed by atoms with E-state index < -0.39 is 11.7 Å². The van der Waals surface area contributed by atoms with E-state index in [2.05, 4.69) is 16.7 Å². The Morgan fingerprint density at radius 3 is 2.68 bits per heavy atom. The molecule has 0 fully saturated rings. The van der Waals surface area contributed by atoms with E-state index in [0.717, 1.165) is 27.6 Å². The SMILES string of the molecule is C=C1c2cccnc2C(O)(O)N1Cc1ccc(-c2ccc(C)c3nn(C)cc23)cc1F. The van der Waals surface area contributed by atoms with E-state index in [9.17, 15) is 10.2 Å². The molecule has 0 atom stereocenters. The van der Waals surface area contributed by atoms with Crippen molar-refractivity contribution in [3.63, 3.8) is 0 Å². The van der Waals surface area contributed by atoms with Crippen molar-refractivity contribution in [3.8, 4) is 11.1 Å². The van der Waals surface area contributed by atoms with Crippen molar-refractivity contribution in [1.82, 2.24) is 19.7 Å². The van der Waals surface area contributed by atoms with E-state index >= 15 is 4.39 Å². The van der Waals surface area contributed by atoms with Crippen LogP contribution in [0, 0.1) is 12.7 Å². The van der Waals surface area contributed by atoms with Gasteiger partial charge in [0.1, 0.15) is 11.5 Å². The monoisotopic (exact) mass is 416 g/mol. The van der Waals surface area contributed by atoms with Crippen LogP contribution in [-0.2, 0) is 19.5 Å². The van der Waals surface area contributed by atoms with E-state index in [4.69, 9.17) is 0 Å². The minimum absolute atomic E-state index is 0.0650. The number of aryl methyl sites for hydroxylation is 2. The van der Waals surface area contributed by atoms with E-state index in [1.807, 2.05) is 38.4 Å². The quantitative estimate of drug-likeness (QED) is 0.499. The molecule has 6 nitrogen and oxygen atoms in total. The fourth-order valence-electron chi connectivity index (χ4n) is 4.19. The highest BCUT2D eigenvalue weighted by molar-refractivity contribution is 5.96. The van der Waals surface area contributed by atoms with Crippen molar-refractivity contribution in [2.24, 2.45) is 7.05 Å². The van der Waals surface area contributed by atoms with Gasteiger partial charge < -0.3 is 15.1 Å². The van der Waals surface area contributed by atoms with E-state index in [1.165, 1.54) is 17.2 Å². The molecular weight excluding hydrogens is 395 g/mol. The molecular formula is C24H21FN4O2. The number of aromatic nitrogens is 3. The van der Waals surface area contributed by atoms with Gasteiger partial charge in [-0.3, -0.25) is 9.67 Å². The Morgan fingerprint density at radius 2 is 1.94 bits per heavy atom. The maximum atomic E-state index is 15.1. The second-order valence-corrected chi connectivity index (χ2v) is 7.87. The predicted octanol–water partition coefficient (Wildman–Crippen LogP) is 3.66. The summed E-state index contributed by atoms with van der Waals surface area (Å²) in [7, 11) is 1.86. The highest BCUT2D eigenvalue weighted by atomic mass is 19.1. The molecule has 7 heteroatoms. The number of fused-ring (bicyclic) bond motifs is 2. The van der Waals surface area contributed by atoms with E-state index in [-0.39, 0.29) is 12.2 Å². The highest BCUT2D eigenvalue weighted by Gasteiger charge is 2.45. The number of benzene rings is 2. The van der Waals surface area contributed by atoms with Gasteiger partial charge in [-0.1, -0.05) is 30.8 Å². The normalized spacial score (nSPS) is 15.0. The van der Waals surface area contributed by atoms with Crippen molar-refractivity contribution in [2.45, 2.75) is 19.4 Å². The van der Waals surface area contributed by atoms with Crippen LogP contribution in [-0.4, -0.2) is 29.9 Å². The number of aliphatic hydroxyl groups is 2. The molecule has 0 aliphatic carbocycles. The molecule has 2 aromatic heterocycles. The zero-order chi connectivity index (χ0) is 21.9. The first kappa shape index (κ1) is 19.4. The number of hydrogen-bond acceptors (Lipinski definition) is 5. The minimum Gasteiger partial charge on any atom is -0.344 e. The van der Waals surface area contributed by atoms with E-state index in [1.54, 1.807) is 22.9 Å². The fraction of sp³-hybridized carbons (Fsp3) is 0.167. The molecule has 0 saturated heterocycles. The molecule has 0 unspecified atom stereocenters. The third-order valence-corrected chi connectivity index (χ3v) is 5.82. The second kappa shape index (κ2) is 6.73. The molecule has 1 aliphatic rings. The Labute approximate surface area is 178 Å². The lowest BCUT2D eigenvalue weighted by Gasteiger charge is -2.30. The smallest absolute Gasteiger partial charge is 0.294 e. The van der Waals surface area contributed by atoms with Gasteiger partial charge in [0.2, 0.25) is 0 Å². The second-order valence-electron chi connectivity index (χ2n) is 7.87. The standard InChI is InChI=1S/C24H21FN4O2/c1-14-6-9-19(20-13-28(3)27-22(14)20)16-7-8-17(21(25)11-16)12-29-15(2)18-5-4-10-26-23(18)24(29,30)31/h4-11,13,30-31H,2,12H2,1,3H3. The third-order valence-electron chi connectivity index (χ3n) is 5.82. The summed E-state index contributed by atoms with van der Waals surface area (Å²) in [6.07, 6.45) is 3.40. The number of pyridine rings is 1. The Balaban J connectivity index is 1.51. The number of nitrogens with zero attached hydrogens (tertiary/aromatic N) is 4. The molecule has 0 saturated carbocycles. The number of hydrogen-bond donors (Lipinski definition) is 2. The maximum Gasteiger partial charge on any atom is 0.294 e. The van der Waals surface area contributed by atoms with Crippen LogP contribution in [0.25, 0.3) is 27.7 Å². The maximum absolute atomic E-state index is 15.1. The summed E-state index contributed by atoms with van der Waals surface area (Å²) in [5.41, 5.74) is 4.88. The Bertz CT molecular complexity index is 1360. The van der Waals surface area contributed by atoms with Crippen LogP contribution in [0.1, 0.15) is 22.4 Å². The van der Waals surface area contributed by atoms with Crippen molar-refractivity contribution in [2.75, 3.05) is 0 Å². The molecule has 2 N–H and O–H groups in total. The lowest BCUT2D eigenvalue weighted by atomic mass is 9.98. The van der Waals surface area contributed by atoms with Crippen LogP contribution >= 0.6 is 0 Å². The van der Waals surface area contributed by atoms with Crippen LogP contribution in [0.3, 0.4) is 0 Å². The van der Waals surface area contributed by atoms with Gasteiger partial charge in [-0.25, -0.2) is 4.39 Å². The zero-order valence-electron chi connectivity index (χ0n) is 17.2. The first-order valence-electron chi connectivity index (χ1n) is 9.86. The van der Waals surface area contributed by atoms with E-state index in [0.29, 0.717) is 16.8 Å². The fourth-order valence-corrected chi connectivity index (χ4v) is 4.19. The van der Waals surface area contributed by atoms with Crippen molar-refractivity contribution >= 4 is 16.6 Å². The molecule has 4 aromatic rings. The van der Waals surface area contributed by atoms with Crippen molar-refractivity contribution in [1.29, 1.82) is 0 Å². The largest absolute Gasteiger partial charge is 0.344 e. The van der Waals surface area contributed by atoms with Gasteiger partial charge in [-0.2, -0.15) is 5.10 Å². The summed E-state index contributed by atoms with van der Waals surface area (Å²) in [4.78, 5) is 5.31. The summed E-state index contributed by atoms with van der Waals surface area (Å²) in [5, 5.41) is 26.7. The van der Waals surface area contributed by atoms with Crippen molar-refractivity contribution in [3.05, 3.63) is 89.6 Å². The van der Waals surface area contributed by atoms with Gasteiger partial charge in [0.25, 0.3) is 5.91 Å². The van der Waals surface area contributed by atoms with Gasteiger partial charge in [-0.05, 0) is 41.8 Å². The number of rotatable bonds is 3. The van der Waals surface area contributed by atoms with Gasteiger partial charge >= 0.3 is 0 Å².